The Kier molecular flexibility index (Phi) is 3.85. The summed E-state index contributed by atoms with van der Waals surface area (Å²) in [5, 5.41) is 8.56. The first-order chi connectivity index (χ1) is 6.24. The minimum Gasteiger partial charge on any atom is -0.358 e. The molecular weight excluding hydrogens is 186 g/mol. The van der Waals surface area contributed by atoms with Gasteiger partial charge in [-0.25, -0.2) is 4.98 Å². The fourth-order valence-electron chi connectivity index (χ4n) is 0.890. The predicted molar refractivity (Wildman–Crippen MR) is 52.5 cm³/mol. The van der Waals surface area contributed by atoms with Crippen LogP contribution in [0.3, 0.4) is 0 Å². The van der Waals surface area contributed by atoms with Gasteiger partial charge in [-0.3, -0.25) is 10.1 Å². The van der Waals surface area contributed by atoms with Crippen LogP contribution in [0.1, 0.15) is 11.9 Å². The third-order valence-corrected chi connectivity index (χ3v) is 2.46. The summed E-state index contributed by atoms with van der Waals surface area (Å²) in [7, 11) is 1.63. The van der Waals surface area contributed by atoms with Gasteiger partial charge in [0.05, 0.1) is 6.04 Å². The van der Waals surface area contributed by atoms with E-state index in [9.17, 15) is 4.79 Å². The summed E-state index contributed by atoms with van der Waals surface area (Å²) < 4.78 is 0. The topological polar surface area (TPSA) is 54.0 Å². The molecule has 0 aliphatic carbocycles. The fourth-order valence-corrected chi connectivity index (χ4v) is 1.46. The molecule has 1 amide bonds. The Balaban J connectivity index is 2.30. The molecule has 0 saturated heterocycles. The van der Waals surface area contributed by atoms with Crippen molar-refractivity contribution >= 4 is 17.2 Å². The van der Waals surface area contributed by atoms with E-state index in [-0.39, 0.29) is 11.9 Å². The molecule has 0 fully saturated rings. The fraction of sp³-hybridized carbons (Fsp3) is 0.500. The number of amides is 1. The summed E-state index contributed by atoms with van der Waals surface area (Å²) in [6.07, 6.45) is 1.76. The number of nitrogens with one attached hydrogen (secondary N) is 2. The van der Waals surface area contributed by atoms with Crippen molar-refractivity contribution in [3.8, 4) is 0 Å². The van der Waals surface area contributed by atoms with Crippen LogP contribution in [0.25, 0.3) is 0 Å². The molecule has 0 spiro atoms. The average molecular weight is 199 g/mol. The second-order valence-electron chi connectivity index (χ2n) is 2.64. The van der Waals surface area contributed by atoms with Gasteiger partial charge in [0, 0.05) is 25.2 Å². The molecule has 4 nitrogen and oxygen atoms in total. The maximum absolute atomic E-state index is 11.1. The molecule has 5 heteroatoms. The van der Waals surface area contributed by atoms with Crippen molar-refractivity contribution in [3.63, 3.8) is 0 Å². The molecule has 72 valence electrons. The van der Waals surface area contributed by atoms with Crippen molar-refractivity contribution in [1.82, 2.24) is 15.6 Å². The van der Waals surface area contributed by atoms with Gasteiger partial charge in [-0.2, -0.15) is 0 Å². The third kappa shape index (κ3) is 3.12. The number of carbonyl (C=O) groups is 1. The first kappa shape index (κ1) is 10.1. The van der Waals surface area contributed by atoms with Crippen molar-refractivity contribution in [2.24, 2.45) is 0 Å². The highest BCUT2D eigenvalue weighted by Crippen LogP contribution is 2.02. The Labute approximate surface area is 81.4 Å². The SMILES string of the molecule is CNC(=O)C(C)NCc1nccs1. The van der Waals surface area contributed by atoms with Gasteiger partial charge in [-0.1, -0.05) is 0 Å². The lowest BCUT2D eigenvalue weighted by molar-refractivity contribution is -0.122. The highest BCUT2D eigenvalue weighted by Gasteiger charge is 2.09. The second-order valence-corrected chi connectivity index (χ2v) is 3.62. The number of aromatic nitrogens is 1. The van der Waals surface area contributed by atoms with E-state index in [1.807, 2.05) is 12.3 Å². The van der Waals surface area contributed by atoms with Crippen LogP contribution < -0.4 is 10.6 Å². The Hall–Kier alpha value is -0.940. The lowest BCUT2D eigenvalue weighted by Gasteiger charge is -2.10. The Morgan fingerprint density at radius 3 is 3.08 bits per heavy atom. The number of hydrogen-bond acceptors (Lipinski definition) is 4. The van der Waals surface area contributed by atoms with Crippen molar-refractivity contribution < 1.29 is 4.79 Å². The first-order valence-corrected chi connectivity index (χ1v) is 4.95. The van der Waals surface area contributed by atoms with Crippen LogP contribution in [0.4, 0.5) is 0 Å². The highest BCUT2D eigenvalue weighted by atomic mass is 32.1. The summed E-state index contributed by atoms with van der Waals surface area (Å²) in [5.41, 5.74) is 0. The number of carbonyl (C=O) groups excluding carboxylic acids is 1. The van der Waals surface area contributed by atoms with Crippen molar-refractivity contribution in [3.05, 3.63) is 16.6 Å². The van der Waals surface area contributed by atoms with E-state index in [0.717, 1.165) is 5.01 Å². The molecule has 0 radical (unpaired) electrons. The summed E-state index contributed by atoms with van der Waals surface area (Å²) in [6, 6.07) is -0.172. The standard InChI is InChI=1S/C8H13N3OS/c1-6(8(12)9-2)11-5-7-10-3-4-13-7/h3-4,6,11H,5H2,1-2H3,(H,9,12). The van der Waals surface area contributed by atoms with Gasteiger partial charge in [-0.15, -0.1) is 11.3 Å². The highest BCUT2D eigenvalue weighted by molar-refractivity contribution is 7.09. The van der Waals surface area contributed by atoms with Crippen LogP contribution in [0.15, 0.2) is 11.6 Å². The maximum Gasteiger partial charge on any atom is 0.236 e. The maximum atomic E-state index is 11.1. The Morgan fingerprint density at radius 1 is 1.77 bits per heavy atom. The smallest absolute Gasteiger partial charge is 0.236 e. The largest absolute Gasteiger partial charge is 0.358 e. The van der Waals surface area contributed by atoms with Crippen molar-refractivity contribution in [2.45, 2.75) is 19.5 Å². The van der Waals surface area contributed by atoms with Gasteiger partial charge >= 0.3 is 0 Å². The molecule has 0 aromatic carbocycles. The van der Waals surface area contributed by atoms with Gasteiger partial charge in [-0.05, 0) is 6.92 Å². The van der Waals surface area contributed by atoms with Gasteiger partial charge < -0.3 is 5.32 Å². The van der Waals surface area contributed by atoms with Gasteiger partial charge in [0.15, 0.2) is 0 Å². The van der Waals surface area contributed by atoms with E-state index in [1.165, 1.54) is 0 Å². The third-order valence-electron chi connectivity index (χ3n) is 1.68. The van der Waals surface area contributed by atoms with Gasteiger partial charge in [0.25, 0.3) is 0 Å². The first-order valence-electron chi connectivity index (χ1n) is 4.07. The number of rotatable bonds is 4. The summed E-state index contributed by atoms with van der Waals surface area (Å²) in [4.78, 5) is 15.2. The van der Waals surface area contributed by atoms with Crippen LogP contribution >= 0.6 is 11.3 Å². The zero-order chi connectivity index (χ0) is 9.68. The van der Waals surface area contributed by atoms with Crippen LogP contribution in [0.5, 0.6) is 0 Å². The zero-order valence-electron chi connectivity index (χ0n) is 7.70. The molecule has 13 heavy (non-hydrogen) atoms. The monoisotopic (exact) mass is 199 g/mol. The zero-order valence-corrected chi connectivity index (χ0v) is 8.52. The van der Waals surface area contributed by atoms with E-state index in [1.54, 1.807) is 24.6 Å². The molecular formula is C8H13N3OS. The normalized spacial score (nSPS) is 12.5. The molecule has 1 heterocycles. The number of nitrogens with zero attached hydrogens (tertiary/aromatic N) is 1. The number of thiazole rings is 1. The Morgan fingerprint density at radius 2 is 2.54 bits per heavy atom. The van der Waals surface area contributed by atoms with E-state index in [0.29, 0.717) is 6.54 Å². The summed E-state index contributed by atoms with van der Waals surface area (Å²) in [6.45, 7) is 2.47. The molecule has 0 aliphatic rings. The molecule has 1 atom stereocenters. The van der Waals surface area contributed by atoms with Crippen LogP contribution in [-0.2, 0) is 11.3 Å². The predicted octanol–water partition coefficient (Wildman–Crippen LogP) is 0.367. The molecule has 1 unspecified atom stereocenters. The van der Waals surface area contributed by atoms with Gasteiger partial charge in [0.1, 0.15) is 5.01 Å². The summed E-state index contributed by atoms with van der Waals surface area (Å²) >= 11 is 1.58. The summed E-state index contributed by atoms with van der Waals surface area (Å²) in [5.74, 6) is -0.00319. The van der Waals surface area contributed by atoms with Crippen molar-refractivity contribution in [2.75, 3.05) is 7.05 Å². The van der Waals surface area contributed by atoms with Crippen LogP contribution in [-0.4, -0.2) is 24.0 Å². The molecule has 0 saturated carbocycles. The second kappa shape index (κ2) is 4.94. The molecule has 2 N–H and O–H groups in total. The van der Waals surface area contributed by atoms with E-state index in [2.05, 4.69) is 15.6 Å². The van der Waals surface area contributed by atoms with E-state index in [4.69, 9.17) is 0 Å². The minimum atomic E-state index is -0.172. The molecule has 0 aliphatic heterocycles. The minimum absolute atomic E-state index is 0.00319. The molecule has 1 aromatic rings. The van der Waals surface area contributed by atoms with Gasteiger partial charge in [0.2, 0.25) is 5.91 Å². The number of likely N-dealkylation sites (N-methyl/N-ethyl adjacent to an activating group) is 1. The lowest BCUT2D eigenvalue weighted by atomic mass is 10.3. The Bertz CT molecular complexity index is 260. The van der Waals surface area contributed by atoms with E-state index < -0.39 is 0 Å². The molecule has 1 aromatic heterocycles. The lowest BCUT2D eigenvalue weighted by Crippen LogP contribution is -2.40. The quantitative estimate of drug-likeness (QED) is 0.736. The van der Waals surface area contributed by atoms with Crippen LogP contribution in [0, 0.1) is 0 Å². The molecule has 1 rings (SSSR count). The average Bonchev–Trinajstić information content (AvgIpc) is 2.65. The molecule has 0 bridgehead atoms. The van der Waals surface area contributed by atoms with Crippen molar-refractivity contribution in [1.29, 1.82) is 0 Å². The van der Waals surface area contributed by atoms with E-state index >= 15 is 0 Å². The number of hydrogen-bond donors (Lipinski definition) is 2. The van der Waals surface area contributed by atoms with Crippen LogP contribution in [0.2, 0.25) is 0 Å².